The summed E-state index contributed by atoms with van der Waals surface area (Å²) in [6.07, 6.45) is -6.87. The zero-order valence-corrected chi connectivity index (χ0v) is 11.9. The maximum atomic E-state index is 11.2. The molecule has 8 nitrogen and oxygen atoms in total. The lowest BCUT2D eigenvalue weighted by Crippen LogP contribution is -2.60. The van der Waals surface area contributed by atoms with Crippen molar-refractivity contribution in [3.05, 3.63) is 40.8 Å². The van der Waals surface area contributed by atoms with E-state index in [-0.39, 0.29) is 5.75 Å². The van der Waals surface area contributed by atoms with Gasteiger partial charge in [0.1, 0.15) is 35.7 Å². The zero-order valence-electron chi connectivity index (χ0n) is 11.9. The maximum Gasteiger partial charge on any atom is 0.336 e. The van der Waals surface area contributed by atoms with Crippen LogP contribution in [0.1, 0.15) is 0 Å². The minimum atomic E-state index is -1.53. The first-order valence-corrected chi connectivity index (χ1v) is 7.01. The summed E-state index contributed by atoms with van der Waals surface area (Å²) in [6, 6.07) is 7.47. The van der Waals surface area contributed by atoms with Crippen LogP contribution in [0.5, 0.6) is 5.75 Å². The topological polar surface area (TPSA) is 130 Å². The van der Waals surface area contributed by atoms with Gasteiger partial charge in [-0.15, -0.1) is 0 Å². The van der Waals surface area contributed by atoms with Crippen molar-refractivity contribution >= 4 is 11.0 Å². The smallest absolute Gasteiger partial charge is 0.336 e. The van der Waals surface area contributed by atoms with Crippen molar-refractivity contribution in [1.29, 1.82) is 0 Å². The van der Waals surface area contributed by atoms with E-state index in [0.717, 1.165) is 0 Å². The number of aliphatic hydroxyl groups is 4. The Kier molecular flexibility index (Phi) is 4.33. The first-order valence-electron chi connectivity index (χ1n) is 7.01. The van der Waals surface area contributed by atoms with Crippen LogP contribution in [0.25, 0.3) is 11.0 Å². The highest BCUT2D eigenvalue weighted by Crippen LogP contribution is 2.29. The first-order chi connectivity index (χ1) is 11.0. The van der Waals surface area contributed by atoms with Gasteiger partial charge in [0, 0.05) is 6.07 Å². The molecule has 0 amide bonds. The molecule has 0 aliphatic carbocycles. The lowest BCUT2D eigenvalue weighted by molar-refractivity contribution is -0.277. The molecule has 1 saturated heterocycles. The first kappa shape index (κ1) is 15.9. The van der Waals surface area contributed by atoms with Crippen LogP contribution in [0.15, 0.2) is 39.5 Å². The molecule has 0 spiro atoms. The predicted molar refractivity (Wildman–Crippen MR) is 76.9 cm³/mol. The summed E-state index contributed by atoms with van der Waals surface area (Å²) in [5, 5.41) is 39.1. The number of benzene rings is 1. The minimum absolute atomic E-state index is 0.260. The Morgan fingerprint density at radius 1 is 1.04 bits per heavy atom. The minimum Gasteiger partial charge on any atom is -0.461 e. The third-order valence-electron chi connectivity index (χ3n) is 3.71. The van der Waals surface area contributed by atoms with Crippen LogP contribution in [-0.4, -0.2) is 57.7 Å². The van der Waals surface area contributed by atoms with Gasteiger partial charge in [0.05, 0.1) is 12.0 Å². The number of aliphatic hydroxyl groups excluding tert-OH is 4. The van der Waals surface area contributed by atoms with Gasteiger partial charge in [-0.05, 0) is 18.2 Å². The van der Waals surface area contributed by atoms with Gasteiger partial charge in [-0.3, -0.25) is 0 Å². The second kappa shape index (κ2) is 6.26. The molecule has 3 rings (SSSR count). The van der Waals surface area contributed by atoms with Crippen molar-refractivity contribution in [3.63, 3.8) is 0 Å². The second-order valence-electron chi connectivity index (χ2n) is 5.24. The number of rotatable bonds is 3. The van der Waals surface area contributed by atoms with E-state index in [1.54, 1.807) is 18.2 Å². The van der Waals surface area contributed by atoms with Gasteiger partial charge in [-0.2, -0.15) is 0 Å². The van der Waals surface area contributed by atoms with Crippen molar-refractivity contribution in [2.24, 2.45) is 0 Å². The maximum absolute atomic E-state index is 11.2. The van der Waals surface area contributed by atoms with Crippen LogP contribution in [0.2, 0.25) is 0 Å². The van der Waals surface area contributed by atoms with Gasteiger partial charge >= 0.3 is 5.63 Å². The zero-order chi connectivity index (χ0) is 16.6. The van der Waals surface area contributed by atoms with Crippen LogP contribution in [0.4, 0.5) is 0 Å². The second-order valence-corrected chi connectivity index (χ2v) is 5.24. The molecule has 0 bridgehead atoms. The van der Waals surface area contributed by atoms with Crippen LogP contribution >= 0.6 is 0 Å². The molecule has 1 aromatic heterocycles. The molecule has 5 atom stereocenters. The number of fused-ring (bicyclic) bond motifs is 1. The molecule has 1 aliphatic rings. The van der Waals surface area contributed by atoms with Gasteiger partial charge in [0.25, 0.3) is 0 Å². The average Bonchev–Trinajstić information content (AvgIpc) is 2.55. The summed E-state index contributed by atoms with van der Waals surface area (Å²) in [5.74, 6) is 0.260. The molecule has 8 heteroatoms. The quantitative estimate of drug-likeness (QED) is 0.528. The Morgan fingerprint density at radius 2 is 1.83 bits per heavy atom. The molecule has 23 heavy (non-hydrogen) atoms. The summed E-state index contributed by atoms with van der Waals surface area (Å²) in [5.41, 5.74) is -0.220. The Hall–Kier alpha value is -1.97. The third kappa shape index (κ3) is 2.94. The van der Waals surface area contributed by atoms with E-state index in [9.17, 15) is 20.1 Å². The fourth-order valence-corrected chi connectivity index (χ4v) is 2.46. The van der Waals surface area contributed by atoms with Gasteiger partial charge < -0.3 is 34.3 Å². The molecule has 1 aromatic carbocycles. The Morgan fingerprint density at radius 3 is 2.57 bits per heavy atom. The normalized spacial score (nSPS) is 31.2. The monoisotopic (exact) mass is 324 g/mol. The Bertz CT molecular complexity index is 740. The fourth-order valence-electron chi connectivity index (χ4n) is 2.46. The van der Waals surface area contributed by atoms with E-state index in [1.807, 2.05) is 0 Å². The molecule has 124 valence electrons. The molecule has 2 aromatic rings. The summed E-state index contributed by atoms with van der Waals surface area (Å²) in [6.45, 7) is -0.546. The van der Waals surface area contributed by atoms with E-state index in [2.05, 4.69) is 0 Å². The van der Waals surface area contributed by atoms with Gasteiger partial charge in [0.2, 0.25) is 6.29 Å². The van der Waals surface area contributed by atoms with Gasteiger partial charge in [-0.1, -0.05) is 6.07 Å². The van der Waals surface area contributed by atoms with Gasteiger partial charge in [-0.25, -0.2) is 4.79 Å². The number of hydrogen-bond donors (Lipinski definition) is 4. The molecular formula is C15H16O8. The molecule has 2 heterocycles. The van der Waals surface area contributed by atoms with E-state index in [1.165, 1.54) is 12.1 Å². The summed E-state index contributed by atoms with van der Waals surface area (Å²) in [7, 11) is 0. The predicted octanol–water partition coefficient (Wildman–Crippen LogP) is -1.03. The van der Waals surface area contributed by atoms with Crippen molar-refractivity contribution in [3.8, 4) is 5.75 Å². The highest BCUT2D eigenvalue weighted by Gasteiger charge is 2.44. The van der Waals surface area contributed by atoms with Crippen LogP contribution in [0.3, 0.4) is 0 Å². The molecule has 0 radical (unpaired) electrons. The molecule has 1 aliphatic heterocycles. The van der Waals surface area contributed by atoms with Crippen molar-refractivity contribution < 1.29 is 34.3 Å². The highest BCUT2D eigenvalue weighted by atomic mass is 16.7. The van der Waals surface area contributed by atoms with Crippen molar-refractivity contribution in [2.45, 2.75) is 30.7 Å². The molecule has 0 saturated carbocycles. The van der Waals surface area contributed by atoms with E-state index in [0.29, 0.717) is 11.0 Å². The Labute approximate surface area is 130 Å². The molecular weight excluding hydrogens is 308 g/mol. The Balaban J connectivity index is 1.90. The van der Waals surface area contributed by atoms with E-state index in [4.69, 9.17) is 19.0 Å². The van der Waals surface area contributed by atoms with Crippen molar-refractivity contribution in [2.75, 3.05) is 6.61 Å². The number of hydrogen-bond acceptors (Lipinski definition) is 8. The van der Waals surface area contributed by atoms with E-state index >= 15 is 0 Å². The highest BCUT2D eigenvalue weighted by molar-refractivity contribution is 5.83. The lowest BCUT2D eigenvalue weighted by Gasteiger charge is -2.39. The molecule has 1 fully saturated rings. The summed E-state index contributed by atoms with van der Waals surface area (Å²) in [4.78, 5) is 11.2. The molecule has 4 N–H and O–H groups in total. The SMILES string of the molecule is O=c1ccc2c(OC3OC(CO)C(O)C(O)C3O)cccc2o1. The van der Waals surface area contributed by atoms with Crippen LogP contribution < -0.4 is 10.4 Å². The lowest BCUT2D eigenvalue weighted by atomic mass is 9.99. The van der Waals surface area contributed by atoms with Gasteiger partial charge in [0.15, 0.2) is 0 Å². The van der Waals surface area contributed by atoms with Crippen molar-refractivity contribution in [1.82, 2.24) is 0 Å². The average molecular weight is 324 g/mol. The molecule has 5 unspecified atom stereocenters. The van der Waals surface area contributed by atoms with Crippen LogP contribution in [-0.2, 0) is 4.74 Å². The fraction of sp³-hybridized carbons (Fsp3) is 0.400. The van der Waals surface area contributed by atoms with Crippen LogP contribution in [0, 0.1) is 0 Å². The summed E-state index contributed by atoms with van der Waals surface area (Å²) < 4.78 is 15.9. The summed E-state index contributed by atoms with van der Waals surface area (Å²) >= 11 is 0. The standard InChI is InChI=1S/C15H16O8/c16-6-10-12(18)13(19)14(20)15(23-10)22-9-3-1-2-8-7(9)4-5-11(17)21-8/h1-5,10,12-16,18-20H,6H2. The third-order valence-corrected chi connectivity index (χ3v) is 3.71. The largest absolute Gasteiger partial charge is 0.461 e. The van der Waals surface area contributed by atoms with E-state index < -0.39 is 42.9 Å². The number of ether oxygens (including phenoxy) is 2.